The van der Waals surface area contributed by atoms with Crippen molar-refractivity contribution in [2.45, 2.75) is 13.1 Å². The first kappa shape index (κ1) is 22.5. The molecule has 170 valence electrons. The van der Waals surface area contributed by atoms with E-state index in [0.29, 0.717) is 41.0 Å². The molecule has 1 amide bonds. The molecule has 0 fully saturated rings. The lowest BCUT2D eigenvalue weighted by molar-refractivity contribution is 0.0949. The molecule has 1 N–H and O–H groups in total. The fourth-order valence-corrected chi connectivity index (χ4v) is 3.75. The van der Waals surface area contributed by atoms with Gasteiger partial charge in [0.25, 0.3) is 5.91 Å². The summed E-state index contributed by atoms with van der Waals surface area (Å²) in [4.78, 5) is 17.5. The molecule has 0 spiro atoms. The van der Waals surface area contributed by atoms with Crippen LogP contribution in [-0.4, -0.2) is 36.3 Å². The van der Waals surface area contributed by atoms with Crippen molar-refractivity contribution in [1.29, 1.82) is 0 Å². The number of hydrogen-bond donors (Lipinski definition) is 1. The Morgan fingerprint density at radius 2 is 1.73 bits per heavy atom. The van der Waals surface area contributed by atoms with Crippen LogP contribution in [0.3, 0.4) is 0 Å². The second kappa shape index (κ2) is 10.3. The number of fused-ring (bicyclic) bond motifs is 1. The lowest BCUT2D eigenvalue weighted by Gasteiger charge is -2.13. The van der Waals surface area contributed by atoms with Gasteiger partial charge in [0.2, 0.25) is 0 Å². The smallest absolute Gasteiger partial charge is 0.251 e. The molecule has 8 heteroatoms. The van der Waals surface area contributed by atoms with E-state index < -0.39 is 0 Å². The zero-order chi connectivity index (χ0) is 23.2. The number of benzene rings is 3. The summed E-state index contributed by atoms with van der Waals surface area (Å²) in [5.74, 6) is 2.19. The maximum Gasteiger partial charge on any atom is 0.251 e. The monoisotopic (exact) mass is 465 g/mol. The van der Waals surface area contributed by atoms with E-state index in [2.05, 4.69) is 5.32 Å². The minimum Gasteiger partial charge on any atom is -0.493 e. The van der Waals surface area contributed by atoms with Crippen molar-refractivity contribution >= 4 is 28.5 Å². The van der Waals surface area contributed by atoms with E-state index in [1.54, 1.807) is 31.4 Å². The van der Waals surface area contributed by atoms with Crippen LogP contribution in [0.25, 0.3) is 11.0 Å². The molecule has 3 aromatic carbocycles. The van der Waals surface area contributed by atoms with Crippen molar-refractivity contribution in [3.8, 4) is 17.2 Å². The largest absolute Gasteiger partial charge is 0.493 e. The van der Waals surface area contributed by atoms with E-state index in [1.165, 1.54) is 7.11 Å². The summed E-state index contributed by atoms with van der Waals surface area (Å²) in [5.41, 5.74) is 2.29. The number of aromatic nitrogens is 2. The van der Waals surface area contributed by atoms with Crippen molar-refractivity contribution in [2.75, 3.05) is 20.8 Å². The SMILES string of the molecule is COc1ccc(C(=O)NCc2nc3ccccc3n2CCOc2ccccc2Cl)cc1OC. The highest BCUT2D eigenvalue weighted by molar-refractivity contribution is 6.32. The normalized spacial score (nSPS) is 10.8. The second-order valence-corrected chi connectivity index (χ2v) is 7.61. The molecule has 33 heavy (non-hydrogen) atoms. The highest BCUT2D eigenvalue weighted by atomic mass is 35.5. The molecule has 1 heterocycles. The van der Waals surface area contributed by atoms with Crippen LogP contribution < -0.4 is 19.5 Å². The lowest BCUT2D eigenvalue weighted by Crippen LogP contribution is -2.25. The number of nitrogens with zero attached hydrogens (tertiary/aromatic N) is 2. The number of halogens is 1. The van der Waals surface area contributed by atoms with Gasteiger partial charge in [-0.15, -0.1) is 0 Å². The standard InChI is InChI=1S/C25H24ClN3O4/c1-31-22-12-11-17(15-23(22)32-2)25(30)27-16-24-28-19-8-4-5-9-20(19)29(24)13-14-33-21-10-6-3-7-18(21)26/h3-12,15H,13-14,16H2,1-2H3,(H,27,30). The molecule has 4 aromatic rings. The average molecular weight is 466 g/mol. The first-order valence-corrected chi connectivity index (χ1v) is 10.8. The number of ether oxygens (including phenoxy) is 3. The molecular weight excluding hydrogens is 442 g/mol. The Morgan fingerprint density at radius 1 is 0.970 bits per heavy atom. The molecule has 0 bridgehead atoms. The Bertz CT molecular complexity index is 1270. The number of carbonyl (C=O) groups is 1. The molecule has 0 unspecified atom stereocenters. The fourth-order valence-electron chi connectivity index (χ4n) is 3.56. The summed E-state index contributed by atoms with van der Waals surface area (Å²) in [6.07, 6.45) is 0. The second-order valence-electron chi connectivity index (χ2n) is 7.20. The number of amides is 1. The Morgan fingerprint density at radius 3 is 2.52 bits per heavy atom. The van der Waals surface area contributed by atoms with Crippen molar-refractivity contribution in [2.24, 2.45) is 0 Å². The van der Waals surface area contributed by atoms with E-state index in [1.807, 2.05) is 47.0 Å². The summed E-state index contributed by atoms with van der Waals surface area (Å²) < 4.78 is 18.4. The summed E-state index contributed by atoms with van der Waals surface area (Å²) in [7, 11) is 3.09. The molecule has 0 aliphatic carbocycles. The minimum absolute atomic E-state index is 0.234. The van der Waals surface area contributed by atoms with Crippen molar-refractivity contribution in [1.82, 2.24) is 14.9 Å². The van der Waals surface area contributed by atoms with Gasteiger partial charge in [-0.3, -0.25) is 4.79 Å². The highest BCUT2D eigenvalue weighted by Crippen LogP contribution is 2.27. The van der Waals surface area contributed by atoms with Gasteiger partial charge in [0, 0.05) is 5.56 Å². The lowest BCUT2D eigenvalue weighted by atomic mass is 10.2. The third-order valence-electron chi connectivity index (χ3n) is 5.20. The van der Waals surface area contributed by atoms with Gasteiger partial charge in [-0.1, -0.05) is 35.9 Å². The van der Waals surface area contributed by atoms with Gasteiger partial charge in [-0.25, -0.2) is 4.98 Å². The van der Waals surface area contributed by atoms with E-state index >= 15 is 0 Å². The number of hydrogen-bond acceptors (Lipinski definition) is 5. The van der Waals surface area contributed by atoms with Crippen molar-refractivity contribution in [3.63, 3.8) is 0 Å². The zero-order valence-corrected chi connectivity index (χ0v) is 19.1. The van der Waals surface area contributed by atoms with Crippen LogP contribution in [0.2, 0.25) is 5.02 Å². The van der Waals surface area contributed by atoms with Crippen LogP contribution in [0.4, 0.5) is 0 Å². The maximum atomic E-state index is 12.8. The number of carbonyl (C=O) groups excluding carboxylic acids is 1. The van der Waals surface area contributed by atoms with Crippen LogP contribution >= 0.6 is 11.6 Å². The molecular formula is C25H24ClN3O4. The Hall–Kier alpha value is -3.71. The first-order valence-electron chi connectivity index (χ1n) is 10.4. The highest BCUT2D eigenvalue weighted by Gasteiger charge is 2.14. The number of para-hydroxylation sites is 3. The molecule has 0 aliphatic rings. The molecule has 0 saturated heterocycles. The van der Waals surface area contributed by atoms with Crippen molar-refractivity contribution < 1.29 is 19.0 Å². The maximum absolute atomic E-state index is 12.8. The molecule has 0 saturated carbocycles. The molecule has 0 atom stereocenters. The molecule has 0 radical (unpaired) electrons. The Labute approximate surface area is 196 Å². The number of imidazole rings is 1. The fraction of sp³-hybridized carbons (Fsp3) is 0.200. The zero-order valence-electron chi connectivity index (χ0n) is 18.4. The van der Waals surface area contributed by atoms with Crippen LogP contribution in [0.1, 0.15) is 16.2 Å². The predicted molar refractivity (Wildman–Crippen MR) is 127 cm³/mol. The van der Waals surface area contributed by atoms with Gasteiger partial charge in [0.1, 0.15) is 18.2 Å². The van der Waals surface area contributed by atoms with Crippen LogP contribution in [0, 0.1) is 0 Å². The van der Waals surface area contributed by atoms with Crippen LogP contribution in [0.5, 0.6) is 17.2 Å². The summed E-state index contributed by atoms with van der Waals surface area (Å²) >= 11 is 6.19. The molecule has 1 aromatic heterocycles. The summed E-state index contributed by atoms with van der Waals surface area (Å²) in [6.45, 7) is 1.21. The van der Waals surface area contributed by atoms with E-state index in [-0.39, 0.29) is 12.5 Å². The summed E-state index contributed by atoms with van der Waals surface area (Å²) in [5, 5.41) is 3.51. The van der Waals surface area contributed by atoms with Gasteiger partial charge in [-0.05, 0) is 42.5 Å². The average Bonchev–Trinajstić information content (AvgIpc) is 3.20. The van der Waals surface area contributed by atoms with Gasteiger partial charge >= 0.3 is 0 Å². The van der Waals surface area contributed by atoms with Gasteiger partial charge in [0.15, 0.2) is 11.5 Å². The third kappa shape index (κ3) is 5.04. The van der Waals surface area contributed by atoms with Gasteiger partial charge < -0.3 is 24.1 Å². The van der Waals surface area contributed by atoms with Crippen LogP contribution in [0.15, 0.2) is 66.7 Å². The summed E-state index contributed by atoms with van der Waals surface area (Å²) in [6, 6.07) is 20.2. The van der Waals surface area contributed by atoms with Gasteiger partial charge in [-0.2, -0.15) is 0 Å². The predicted octanol–water partition coefficient (Wildman–Crippen LogP) is 4.72. The number of methoxy groups -OCH3 is 2. The number of nitrogens with one attached hydrogen (secondary N) is 1. The molecule has 7 nitrogen and oxygen atoms in total. The van der Waals surface area contributed by atoms with Gasteiger partial charge in [0.05, 0.1) is 43.4 Å². The van der Waals surface area contributed by atoms with Crippen molar-refractivity contribution in [3.05, 3.63) is 83.1 Å². The first-order chi connectivity index (χ1) is 16.1. The quantitative estimate of drug-likeness (QED) is 0.387. The van der Waals surface area contributed by atoms with E-state index in [0.717, 1.165) is 16.9 Å². The van der Waals surface area contributed by atoms with E-state index in [9.17, 15) is 4.79 Å². The van der Waals surface area contributed by atoms with Crippen LogP contribution in [-0.2, 0) is 13.1 Å². The van der Waals surface area contributed by atoms with E-state index in [4.69, 9.17) is 30.8 Å². The number of rotatable bonds is 9. The topological polar surface area (TPSA) is 74.6 Å². The minimum atomic E-state index is -0.234. The Balaban J connectivity index is 1.49. The Kier molecular flexibility index (Phi) is 7.00. The molecule has 4 rings (SSSR count). The molecule has 0 aliphatic heterocycles. The third-order valence-corrected chi connectivity index (χ3v) is 5.51.